The first-order valence-corrected chi connectivity index (χ1v) is 11.6. The lowest BCUT2D eigenvalue weighted by molar-refractivity contribution is -0.142. The zero-order valence-corrected chi connectivity index (χ0v) is 18.0. The number of thioether (sulfide) groups is 1. The van der Waals surface area contributed by atoms with E-state index in [2.05, 4.69) is 17.1 Å². The van der Waals surface area contributed by atoms with Crippen molar-refractivity contribution >= 4 is 29.1 Å². The number of hydrogen-bond donors (Lipinski definition) is 0. The molecule has 0 spiro atoms. The second-order valence-electron chi connectivity index (χ2n) is 9.17. The van der Waals surface area contributed by atoms with Crippen molar-refractivity contribution in [2.75, 3.05) is 0 Å². The molecule has 1 unspecified atom stereocenters. The van der Waals surface area contributed by atoms with Gasteiger partial charge in [-0.05, 0) is 75.3 Å². The van der Waals surface area contributed by atoms with E-state index in [4.69, 9.17) is 11.6 Å². The minimum atomic E-state index is -0.0988. The molecule has 0 radical (unpaired) electrons. The van der Waals surface area contributed by atoms with Crippen LogP contribution < -0.4 is 0 Å². The molecule has 0 amide bonds. The van der Waals surface area contributed by atoms with Gasteiger partial charge in [-0.25, -0.2) is 0 Å². The average Bonchev–Trinajstić information content (AvgIpc) is 3.00. The second kappa shape index (κ2) is 6.88. The molecule has 4 aliphatic rings. The number of carbonyl (C=O) groups is 1. The SMILES string of the molecule is CC(Sc1nnc(-c2ccccc2Cl)n1C)C(=O)C12CC3CC(CC(C3)C1)C2. The molecule has 6 heteroatoms. The normalized spacial score (nSPS) is 31.9. The van der Waals surface area contributed by atoms with E-state index in [1.54, 1.807) is 11.8 Å². The Balaban J connectivity index is 1.36. The topological polar surface area (TPSA) is 47.8 Å². The standard InChI is InChI=1S/C22H26ClN3OS/c1-13(19(27)22-10-14-7-15(11-22)9-16(8-14)12-22)28-21-25-24-20(26(21)2)17-5-3-4-6-18(17)23/h3-6,13-16H,7-12H2,1-2H3. The molecule has 0 saturated heterocycles. The van der Waals surface area contributed by atoms with Crippen molar-refractivity contribution in [3.63, 3.8) is 0 Å². The maximum Gasteiger partial charge on any atom is 0.191 e. The Morgan fingerprint density at radius 1 is 1.14 bits per heavy atom. The van der Waals surface area contributed by atoms with Crippen LogP contribution in [0.4, 0.5) is 0 Å². The highest BCUT2D eigenvalue weighted by atomic mass is 35.5. The van der Waals surface area contributed by atoms with E-state index in [0.29, 0.717) is 10.8 Å². The van der Waals surface area contributed by atoms with Crippen LogP contribution in [0, 0.1) is 23.2 Å². The fourth-order valence-electron chi connectivity index (χ4n) is 6.35. The highest BCUT2D eigenvalue weighted by Crippen LogP contribution is 2.61. The number of carbonyl (C=O) groups excluding carboxylic acids is 1. The van der Waals surface area contributed by atoms with Gasteiger partial charge in [-0.1, -0.05) is 35.5 Å². The molecule has 2 aromatic rings. The summed E-state index contributed by atoms with van der Waals surface area (Å²) in [6.07, 6.45) is 7.43. The summed E-state index contributed by atoms with van der Waals surface area (Å²) in [6.45, 7) is 2.05. The Kier molecular flexibility index (Phi) is 4.59. The molecule has 148 valence electrons. The summed E-state index contributed by atoms with van der Waals surface area (Å²) in [5, 5.41) is 10.1. The van der Waals surface area contributed by atoms with Crippen LogP contribution in [0.5, 0.6) is 0 Å². The lowest BCUT2D eigenvalue weighted by Crippen LogP contribution is -2.51. The van der Waals surface area contributed by atoms with E-state index in [9.17, 15) is 4.79 Å². The van der Waals surface area contributed by atoms with Crippen LogP contribution in [-0.2, 0) is 11.8 Å². The van der Waals surface area contributed by atoms with Gasteiger partial charge in [0.05, 0.1) is 10.3 Å². The minimum Gasteiger partial charge on any atom is -0.305 e. The lowest BCUT2D eigenvalue weighted by atomic mass is 9.48. The van der Waals surface area contributed by atoms with Crippen molar-refractivity contribution in [3.05, 3.63) is 29.3 Å². The first-order chi connectivity index (χ1) is 13.4. The molecule has 4 aliphatic carbocycles. The van der Waals surface area contributed by atoms with Crippen molar-refractivity contribution in [1.82, 2.24) is 14.8 Å². The van der Waals surface area contributed by atoms with Crippen molar-refractivity contribution in [1.29, 1.82) is 0 Å². The van der Waals surface area contributed by atoms with E-state index in [-0.39, 0.29) is 10.7 Å². The molecule has 0 N–H and O–H groups in total. The third-order valence-corrected chi connectivity index (χ3v) is 8.63. The first kappa shape index (κ1) is 18.7. The highest BCUT2D eigenvalue weighted by molar-refractivity contribution is 8.00. The molecule has 4 fully saturated rings. The van der Waals surface area contributed by atoms with Crippen LogP contribution >= 0.6 is 23.4 Å². The van der Waals surface area contributed by atoms with Crippen LogP contribution in [0.15, 0.2) is 29.4 Å². The van der Waals surface area contributed by atoms with Gasteiger partial charge in [-0.2, -0.15) is 0 Å². The summed E-state index contributed by atoms with van der Waals surface area (Å²) < 4.78 is 1.95. The van der Waals surface area contributed by atoms with Gasteiger partial charge in [0.1, 0.15) is 0 Å². The Labute approximate surface area is 175 Å². The van der Waals surface area contributed by atoms with E-state index in [1.165, 1.54) is 19.3 Å². The van der Waals surface area contributed by atoms with Gasteiger partial charge in [0.15, 0.2) is 16.8 Å². The smallest absolute Gasteiger partial charge is 0.191 e. The summed E-state index contributed by atoms with van der Waals surface area (Å²) in [7, 11) is 1.95. The van der Waals surface area contributed by atoms with Crippen LogP contribution in [0.1, 0.15) is 45.4 Å². The van der Waals surface area contributed by atoms with E-state index >= 15 is 0 Å². The molecule has 1 aromatic carbocycles. The summed E-state index contributed by atoms with van der Waals surface area (Å²) in [5.41, 5.74) is 0.803. The molecule has 4 nitrogen and oxygen atoms in total. The molecule has 1 aromatic heterocycles. The van der Waals surface area contributed by atoms with E-state index in [1.807, 2.05) is 35.9 Å². The van der Waals surface area contributed by atoms with Gasteiger partial charge in [-0.15, -0.1) is 10.2 Å². The molecule has 28 heavy (non-hydrogen) atoms. The molecular formula is C22H26ClN3OS. The maximum absolute atomic E-state index is 13.5. The van der Waals surface area contributed by atoms with Crippen molar-refractivity contribution in [2.45, 2.75) is 55.9 Å². The third-order valence-electron chi connectivity index (χ3n) is 7.16. The van der Waals surface area contributed by atoms with Gasteiger partial charge in [0.2, 0.25) is 0 Å². The Morgan fingerprint density at radius 2 is 1.75 bits per heavy atom. The van der Waals surface area contributed by atoms with Crippen LogP contribution in [0.25, 0.3) is 11.4 Å². The summed E-state index contributed by atoms with van der Waals surface area (Å²) >= 11 is 7.88. The van der Waals surface area contributed by atoms with Crippen molar-refractivity contribution in [3.8, 4) is 11.4 Å². The van der Waals surface area contributed by atoms with E-state index in [0.717, 1.165) is 53.6 Å². The highest BCUT2D eigenvalue weighted by Gasteiger charge is 2.55. The summed E-state index contributed by atoms with van der Waals surface area (Å²) in [6, 6.07) is 7.66. The number of nitrogens with zero attached hydrogens (tertiary/aromatic N) is 3. The first-order valence-electron chi connectivity index (χ1n) is 10.3. The monoisotopic (exact) mass is 415 g/mol. The Hall–Kier alpha value is -1.33. The second-order valence-corrected chi connectivity index (χ2v) is 10.9. The number of rotatable bonds is 5. The van der Waals surface area contributed by atoms with Gasteiger partial charge in [0.25, 0.3) is 0 Å². The molecule has 4 bridgehead atoms. The van der Waals surface area contributed by atoms with Gasteiger partial charge < -0.3 is 4.57 Å². The van der Waals surface area contributed by atoms with Gasteiger partial charge in [0, 0.05) is 18.0 Å². The minimum absolute atomic E-state index is 0.0642. The molecule has 6 rings (SSSR count). The molecule has 1 atom stereocenters. The molecular weight excluding hydrogens is 390 g/mol. The molecule has 1 heterocycles. The Morgan fingerprint density at radius 3 is 2.36 bits per heavy atom. The largest absolute Gasteiger partial charge is 0.305 e. The van der Waals surface area contributed by atoms with E-state index < -0.39 is 0 Å². The fourth-order valence-corrected chi connectivity index (χ4v) is 7.58. The Bertz CT molecular complexity index is 889. The predicted molar refractivity (Wildman–Crippen MR) is 112 cm³/mol. The maximum atomic E-state index is 13.5. The predicted octanol–water partition coefficient (Wildman–Crippen LogP) is 5.40. The van der Waals surface area contributed by atoms with Crippen LogP contribution in [0.2, 0.25) is 5.02 Å². The number of benzene rings is 1. The summed E-state index contributed by atoms with van der Waals surface area (Å²) in [5.74, 6) is 3.54. The van der Waals surface area contributed by atoms with Crippen molar-refractivity contribution in [2.24, 2.45) is 30.2 Å². The quantitative estimate of drug-likeness (QED) is 0.613. The number of aromatic nitrogens is 3. The average molecular weight is 416 g/mol. The fraction of sp³-hybridized carbons (Fsp3) is 0.591. The lowest BCUT2D eigenvalue weighted by Gasteiger charge is -2.56. The van der Waals surface area contributed by atoms with Crippen molar-refractivity contribution < 1.29 is 4.79 Å². The van der Waals surface area contributed by atoms with Crippen LogP contribution in [-0.4, -0.2) is 25.8 Å². The number of hydrogen-bond acceptors (Lipinski definition) is 4. The zero-order valence-electron chi connectivity index (χ0n) is 16.4. The number of Topliss-reactive ketones (excluding diaryl/α,β-unsaturated/α-hetero) is 1. The third kappa shape index (κ3) is 3.02. The molecule has 0 aliphatic heterocycles. The zero-order chi connectivity index (χ0) is 19.5. The van der Waals surface area contributed by atoms with Crippen LogP contribution in [0.3, 0.4) is 0 Å². The number of ketones is 1. The van der Waals surface area contributed by atoms with Gasteiger partial charge >= 0.3 is 0 Å². The molecule has 4 saturated carbocycles. The van der Waals surface area contributed by atoms with Gasteiger partial charge in [-0.3, -0.25) is 4.79 Å². The summed E-state index contributed by atoms with van der Waals surface area (Å²) in [4.78, 5) is 13.5. The number of halogens is 1.